The van der Waals surface area contributed by atoms with Gasteiger partial charge in [-0.3, -0.25) is 9.69 Å². The van der Waals surface area contributed by atoms with Crippen molar-refractivity contribution in [1.82, 2.24) is 14.9 Å². The lowest BCUT2D eigenvalue weighted by atomic mass is 9.81. The third-order valence-corrected chi connectivity index (χ3v) is 5.75. The lowest BCUT2D eigenvalue weighted by molar-refractivity contribution is 0.0961. The SMILES string of the molecule is Cc1nc(N2CCN(CCO)CC2)nc2c1C(=O)CC(c1ccccc1O)C2. The van der Waals surface area contributed by atoms with E-state index in [0.29, 0.717) is 30.9 Å². The molecule has 1 aliphatic heterocycles. The number of Topliss-reactive ketones (excluding diaryl/α,β-unsaturated/α-hetero) is 1. The molecular formula is C21H26N4O3. The van der Waals surface area contributed by atoms with Crippen molar-refractivity contribution in [3.8, 4) is 5.75 Å². The Hall–Kier alpha value is -2.51. The molecule has 4 rings (SSSR count). The second kappa shape index (κ2) is 7.85. The van der Waals surface area contributed by atoms with Crippen LogP contribution in [0.4, 0.5) is 5.95 Å². The topological polar surface area (TPSA) is 89.8 Å². The van der Waals surface area contributed by atoms with Crippen LogP contribution in [0.5, 0.6) is 5.75 Å². The molecule has 0 spiro atoms. The number of hydrogen-bond donors (Lipinski definition) is 2. The van der Waals surface area contributed by atoms with Gasteiger partial charge in [0.1, 0.15) is 5.75 Å². The van der Waals surface area contributed by atoms with Crippen molar-refractivity contribution < 1.29 is 15.0 Å². The summed E-state index contributed by atoms with van der Waals surface area (Å²) in [5.74, 6) is 0.886. The van der Waals surface area contributed by atoms with E-state index in [2.05, 4.69) is 14.8 Å². The fourth-order valence-electron chi connectivity index (χ4n) is 4.27. The van der Waals surface area contributed by atoms with Crippen molar-refractivity contribution in [2.24, 2.45) is 0 Å². The average molecular weight is 382 g/mol. The van der Waals surface area contributed by atoms with Crippen molar-refractivity contribution in [3.63, 3.8) is 0 Å². The number of piperazine rings is 1. The number of nitrogens with zero attached hydrogens (tertiary/aromatic N) is 4. The summed E-state index contributed by atoms with van der Waals surface area (Å²) in [5, 5.41) is 19.3. The molecule has 1 fully saturated rings. The molecule has 148 valence electrons. The van der Waals surface area contributed by atoms with E-state index in [1.54, 1.807) is 12.1 Å². The van der Waals surface area contributed by atoms with Gasteiger partial charge in [0, 0.05) is 45.1 Å². The Labute approximate surface area is 164 Å². The highest BCUT2D eigenvalue weighted by atomic mass is 16.3. The molecule has 0 bridgehead atoms. The Morgan fingerprint density at radius 1 is 1.11 bits per heavy atom. The molecule has 1 atom stereocenters. The van der Waals surface area contributed by atoms with Gasteiger partial charge in [-0.25, -0.2) is 9.97 Å². The number of phenolic OH excluding ortho intramolecular Hbond substituents is 1. The van der Waals surface area contributed by atoms with E-state index in [1.807, 2.05) is 19.1 Å². The molecular weight excluding hydrogens is 356 g/mol. The minimum Gasteiger partial charge on any atom is -0.508 e. The molecule has 7 nitrogen and oxygen atoms in total. The van der Waals surface area contributed by atoms with Crippen LogP contribution in [-0.2, 0) is 6.42 Å². The molecule has 0 saturated carbocycles. The number of anilines is 1. The first-order valence-corrected chi connectivity index (χ1v) is 9.83. The minimum atomic E-state index is -0.0650. The van der Waals surface area contributed by atoms with Gasteiger partial charge in [0.2, 0.25) is 5.95 Å². The van der Waals surface area contributed by atoms with Gasteiger partial charge in [-0.1, -0.05) is 18.2 Å². The molecule has 2 N–H and O–H groups in total. The number of aliphatic hydroxyl groups excluding tert-OH is 1. The second-order valence-electron chi connectivity index (χ2n) is 7.57. The number of hydrogen-bond acceptors (Lipinski definition) is 7. The van der Waals surface area contributed by atoms with Crippen LogP contribution in [-0.4, -0.2) is 70.2 Å². The highest BCUT2D eigenvalue weighted by Gasteiger charge is 2.32. The fourth-order valence-corrected chi connectivity index (χ4v) is 4.27. The first-order valence-electron chi connectivity index (χ1n) is 9.83. The number of β-amino-alcohol motifs (C(OH)–C–C–N with tert-alkyl or cyclic N) is 1. The van der Waals surface area contributed by atoms with Crippen LogP contribution in [0.3, 0.4) is 0 Å². The van der Waals surface area contributed by atoms with E-state index in [4.69, 9.17) is 10.1 Å². The van der Waals surface area contributed by atoms with Crippen LogP contribution in [0.2, 0.25) is 0 Å². The molecule has 2 aliphatic rings. The fraction of sp³-hybridized carbons (Fsp3) is 0.476. The van der Waals surface area contributed by atoms with Crippen molar-refractivity contribution in [2.45, 2.75) is 25.7 Å². The monoisotopic (exact) mass is 382 g/mol. The maximum absolute atomic E-state index is 12.8. The number of aliphatic hydroxyl groups is 1. The third kappa shape index (κ3) is 3.59. The number of benzene rings is 1. The number of aryl methyl sites for hydroxylation is 1. The maximum atomic E-state index is 12.8. The first-order chi connectivity index (χ1) is 13.6. The summed E-state index contributed by atoms with van der Waals surface area (Å²) >= 11 is 0. The Kier molecular flexibility index (Phi) is 5.28. The quantitative estimate of drug-likeness (QED) is 0.829. The number of rotatable bonds is 4. The third-order valence-electron chi connectivity index (χ3n) is 5.75. The number of para-hydroxylation sites is 1. The molecule has 1 aromatic heterocycles. The van der Waals surface area contributed by atoms with Gasteiger partial charge in [-0.05, 0) is 25.0 Å². The van der Waals surface area contributed by atoms with Crippen molar-refractivity contribution in [1.29, 1.82) is 0 Å². The second-order valence-corrected chi connectivity index (χ2v) is 7.57. The van der Waals surface area contributed by atoms with Crippen LogP contribution >= 0.6 is 0 Å². The van der Waals surface area contributed by atoms with E-state index >= 15 is 0 Å². The van der Waals surface area contributed by atoms with Crippen LogP contribution in [0, 0.1) is 6.92 Å². The molecule has 2 heterocycles. The van der Waals surface area contributed by atoms with E-state index in [-0.39, 0.29) is 24.1 Å². The Bertz CT molecular complexity index is 878. The summed E-state index contributed by atoms with van der Waals surface area (Å²) in [5.41, 5.74) is 2.97. The molecule has 1 aromatic carbocycles. The number of aromatic hydroxyl groups is 1. The zero-order valence-electron chi connectivity index (χ0n) is 16.1. The molecule has 1 aliphatic carbocycles. The predicted molar refractivity (Wildman–Crippen MR) is 106 cm³/mol. The van der Waals surface area contributed by atoms with Crippen molar-refractivity contribution >= 4 is 11.7 Å². The summed E-state index contributed by atoms with van der Waals surface area (Å²) < 4.78 is 0. The van der Waals surface area contributed by atoms with Crippen molar-refractivity contribution in [3.05, 3.63) is 46.8 Å². The zero-order chi connectivity index (χ0) is 19.7. The van der Waals surface area contributed by atoms with E-state index in [9.17, 15) is 9.90 Å². The van der Waals surface area contributed by atoms with Gasteiger partial charge in [0.05, 0.1) is 23.6 Å². The van der Waals surface area contributed by atoms with E-state index < -0.39 is 0 Å². The summed E-state index contributed by atoms with van der Waals surface area (Å²) in [6.07, 6.45) is 0.993. The van der Waals surface area contributed by atoms with Gasteiger partial charge in [-0.2, -0.15) is 0 Å². The molecule has 2 aromatic rings. The average Bonchev–Trinajstić information content (AvgIpc) is 2.68. The normalized spacial score (nSPS) is 20.3. The maximum Gasteiger partial charge on any atom is 0.225 e. The van der Waals surface area contributed by atoms with Crippen molar-refractivity contribution in [2.75, 3.05) is 44.2 Å². The van der Waals surface area contributed by atoms with Gasteiger partial charge in [-0.15, -0.1) is 0 Å². The smallest absolute Gasteiger partial charge is 0.225 e. The number of carbonyl (C=O) groups is 1. The van der Waals surface area contributed by atoms with Crippen LogP contribution in [0.25, 0.3) is 0 Å². The summed E-state index contributed by atoms with van der Waals surface area (Å²) in [6, 6.07) is 7.22. The number of fused-ring (bicyclic) bond motifs is 1. The van der Waals surface area contributed by atoms with Crippen LogP contribution in [0.1, 0.15) is 39.6 Å². The standard InChI is InChI=1S/C21H26N4O3/c1-14-20-17(12-15(13-19(20)28)16-4-2-3-5-18(16)27)23-21(22-14)25-8-6-24(7-9-25)10-11-26/h2-5,15,26-27H,6-13H2,1H3. The zero-order valence-corrected chi connectivity index (χ0v) is 16.1. The van der Waals surface area contributed by atoms with E-state index in [1.165, 1.54) is 0 Å². The molecule has 1 unspecified atom stereocenters. The largest absolute Gasteiger partial charge is 0.508 e. The minimum absolute atomic E-state index is 0.0475. The number of ketones is 1. The summed E-state index contributed by atoms with van der Waals surface area (Å²) in [4.78, 5) is 26.6. The van der Waals surface area contributed by atoms with E-state index in [0.717, 1.165) is 43.1 Å². The summed E-state index contributed by atoms with van der Waals surface area (Å²) in [6.45, 7) is 6.06. The Morgan fingerprint density at radius 2 is 1.86 bits per heavy atom. The van der Waals surface area contributed by atoms with Gasteiger partial charge in [0.25, 0.3) is 0 Å². The highest BCUT2D eigenvalue weighted by molar-refractivity contribution is 5.99. The predicted octanol–water partition coefficient (Wildman–Crippen LogP) is 1.52. The lowest BCUT2D eigenvalue weighted by Gasteiger charge is -2.35. The molecule has 0 amide bonds. The molecule has 28 heavy (non-hydrogen) atoms. The Balaban J connectivity index is 1.60. The molecule has 0 radical (unpaired) electrons. The van der Waals surface area contributed by atoms with Gasteiger partial charge < -0.3 is 15.1 Å². The van der Waals surface area contributed by atoms with Crippen LogP contribution in [0.15, 0.2) is 24.3 Å². The first kappa shape index (κ1) is 18.8. The van der Waals surface area contributed by atoms with Gasteiger partial charge >= 0.3 is 0 Å². The number of phenols is 1. The van der Waals surface area contributed by atoms with Crippen LogP contribution < -0.4 is 4.90 Å². The molecule has 1 saturated heterocycles. The lowest BCUT2D eigenvalue weighted by Crippen LogP contribution is -2.48. The highest BCUT2D eigenvalue weighted by Crippen LogP contribution is 2.37. The van der Waals surface area contributed by atoms with Gasteiger partial charge in [0.15, 0.2) is 5.78 Å². The Morgan fingerprint density at radius 3 is 2.57 bits per heavy atom. The molecule has 7 heteroatoms. The number of aromatic nitrogens is 2. The number of carbonyl (C=O) groups excluding carboxylic acids is 1. The summed E-state index contributed by atoms with van der Waals surface area (Å²) in [7, 11) is 0.